The van der Waals surface area contributed by atoms with Crippen molar-refractivity contribution in [3.8, 4) is 0 Å². The molecule has 0 aromatic carbocycles. The summed E-state index contributed by atoms with van der Waals surface area (Å²) in [5, 5.41) is 7.00. The first kappa shape index (κ1) is 18.3. The highest BCUT2D eigenvalue weighted by Crippen LogP contribution is 2.11. The van der Waals surface area contributed by atoms with Crippen LogP contribution in [-0.2, 0) is 19.1 Å². The van der Waals surface area contributed by atoms with Gasteiger partial charge in [0.15, 0.2) is 0 Å². The molecule has 0 rings (SSSR count). The van der Waals surface area contributed by atoms with E-state index in [0.29, 0.717) is 0 Å². The van der Waals surface area contributed by atoms with E-state index in [1.165, 1.54) is 0 Å². The lowest BCUT2D eigenvalue weighted by atomic mass is 10.2. The number of aliphatic hydroxyl groups excluding tert-OH is 1. The van der Waals surface area contributed by atoms with E-state index in [-0.39, 0.29) is 6.42 Å². The van der Waals surface area contributed by atoms with Crippen molar-refractivity contribution in [1.82, 2.24) is 0 Å². The predicted octanol–water partition coefficient (Wildman–Crippen LogP) is 1.67. The Hall–Kier alpha value is -1.10. The molecule has 5 heteroatoms. The van der Waals surface area contributed by atoms with Crippen LogP contribution in [0.5, 0.6) is 0 Å². The molecule has 1 N–H and O–H groups in total. The van der Waals surface area contributed by atoms with Gasteiger partial charge >= 0.3 is 11.9 Å². The SMILES string of the molecule is CC(C)(C)OC(=O)CC(=O)OC(C)(C)C.CO. The topological polar surface area (TPSA) is 72.8 Å². The summed E-state index contributed by atoms with van der Waals surface area (Å²) < 4.78 is 9.97. The number of aliphatic hydroxyl groups is 1. The van der Waals surface area contributed by atoms with Crippen molar-refractivity contribution in [2.75, 3.05) is 7.11 Å². The van der Waals surface area contributed by atoms with E-state index in [1.54, 1.807) is 41.5 Å². The van der Waals surface area contributed by atoms with Crippen molar-refractivity contribution < 1.29 is 24.2 Å². The van der Waals surface area contributed by atoms with Crippen molar-refractivity contribution in [1.29, 1.82) is 0 Å². The van der Waals surface area contributed by atoms with Crippen LogP contribution in [0.1, 0.15) is 48.0 Å². The van der Waals surface area contributed by atoms with Crippen LogP contribution in [0.2, 0.25) is 0 Å². The number of hydrogen-bond donors (Lipinski definition) is 1. The third kappa shape index (κ3) is 14.9. The molecule has 5 nitrogen and oxygen atoms in total. The second kappa shape index (κ2) is 7.27. The Labute approximate surface area is 103 Å². The smallest absolute Gasteiger partial charge is 0.317 e. The molecule has 0 saturated heterocycles. The maximum absolute atomic E-state index is 11.2. The highest BCUT2D eigenvalue weighted by Gasteiger charge is 2.22. The first-order valence-electron chi connectivity index (χ1n) is 5.38. The van der Waals surface area contributed by atoms with Gasteiger partial charge in [-0.15, -0.1) is 0 Å². The summed E-state index contributed by atoms with van der Waals surface area (Å²) in [6.45, 7) is 10.5. The van der Waals surface area contributed by atoms with E-state index in [0.717, 1.165) is 7.11 Å². The maximum Gasteiger partial charge on any atom is 0.317 e. The van der Waals surface area contributed by atoms with Gasteiger partial charge in [-0.25, -0.2) is 0 Å². The summed E-state index contributed by atoms with van der Waals surface area (Å²) in [6.07, 6.45) is -0.339. The molecule has 0 fully saturated rings. The van der Waals surface area contributed by atoms with Crippen LogP contribution in [0.3, 0.4) is 0 Å². The molecule has 0 bridgehead atoms. The van der Waals surface area contributed by atoms with Crippen molar-refractivity contribution in [2.24, 2.45) is 0 Å². The van der Waals surface area contributed by atoms with Crippen molar-refractivity contribution in [2.45, 2.75) is 59.2 Å². The molecule has 0 atom stereocenters. The molecule has 0 heterocycles. The average molecular weight is 248 g/mol. The van der Waals surface area contributed by atoms with Gasteiger partial charge < -0.3 is 14.6 Å². The monoisotopic (exact) mass is 248 g/mol. The van der Waals surface area contributed by atoms with Gasteiger partial charge in [0.05, 0.1) is 0 Å². The Morgan fingerprint density at radius 3 is 1.24 bits per heavy atom. The van der Waals surface area contributed by atoms with E-state index < -0.39 is 23.1 Å². The van der Waals surface area contributed by atoms with Crippen LogP contribution in [0.25, 0.3) is 0 Å². The minimum Gasteiger partial charge on any atom is -0.460 e. The Morgan fingerprint density at radius 2 is 1.06 bits per heavy atom. The highest BCUT2D eigenvalue weighted by molar-refractivity contribution is 5.91. The molecule has 0 aromatic heterocycles. The zero-order valence-corrected chi connectivity index (χ0v) is 11.8. The lowest BCUT2D eigenvalue weighted by Gasteiger charge is -2.21. The molecule has 0 aromatic rings. The number of ether oxygens (including phenoxy) is 2. The fourth-order valence-corrected chi connectivity index (χ4v) is 0.873. The van der Waals surface area contributed by atoms with E-state index in [4.69, 9.17) is 14.6 Å². The lowest BCUT2D eigenvalue weighted by molar-refractivity contribution is -0.166. The molecule has 0 unspecified atom stereocenters. The van der Waals surface area contributed by atoms with Crippen LogP contribution in [0.4, 0.5) is 0 Å². The van der Waals surface area contributed by atoms with Crippen LogP contribution >= 0.6 is 0 Å². The van der Waals surface area contributed by atoms with Gasteiger partial charge in [-0.05, 0) is 41.5 Å². The van der Waals surface area contributed by atoms with Crippen molar-refractivity contribution >= 4 is 11.9 Å². The van der Waals surface area contributed by atoms with Crippen LogP contribution in [-0.4, -0.2) is 35.4 Å². The summed E-state index contributed by atoms with van der Waals surface area (Å²) in [4.78, 5) is 22.5. The molecule has 0 saturated carbocycles. The average Bonchev–Trinajstić information content (AvgIpc) is 1.99. The third-order valence-corrected chi connectivity index (χ3v) is 1.13. The van der Waals surface area contributed by atoms with E-state index in [2.05, 4.69) is 0 Å². The summed E-state index contributed by atoms with van der Waals surface area (Å²) in [5.41, 5.74) is -1.14. The quantitative estimate of drug-likeness (QED) is 0.594. The second-order valence-corrected chi connectivity index (χ2v) is 5.35. The van der Waals surface area contributed by atoms with Crippen LogP contribution < -0.4 is 0 Å². The summed E-state index contributed by atoms with van der Waals surface area (Å²) >= 11 is 0. The third-order valence-electron chi connectivity index (χ3n) is 1.13. The minimum atomic E-state index is -0.570. The molecule has 0 aliphatic heterocycles. The number of rotatable bonds is 2. The van der Waals surface area contributed by atoms with Gasteiger partial charge in [0.25, 0.3) is 0 Å². The normalized spacial score (nSPS) is 11.1. The van der Waals surface area contributed by atoms with Gasteiger partial charge in [0.2, 0.25) is 0 Å². The first-order valence-corrected chi connectivity index (χ1v) is 5.38. The molecular weight excluding hydrogens is 224 g/mol. The molecule has 17 heavy (non-hydrogen) atoms. The van der Waals surface area contributed by atoms with Gasteiger partial charge in [0, 0.05) is 7.11 Å². The number of carbonyl (C=O) groups excluding carboxylic acids is 2. The first-order chi connectivity index (χ1) is 7.49. The van der Waals surface area contributed by atoms with Crippen LogP contribution in [0, 0.1) is 0 Å². The summed E-state index contributed by atoms with van der Waals surface area (Å²) in [7, 11) is 1.00. The molecule has 0 amide bonds. The Kier molecular flexibility index (Phi) is 7.81. The largest absolute Gasteiger partial charge is 0.460 e. The van der Waals surface area contributed by atoms with Crippen molar-refractivity contribution in [3.05, 3.63) is 0 Å². The minimum absolute atomic E-state index is 0.339. The predicted molar refractivity (Wildman–Crippen MR) is 64.4 cm³/mol. The van der Waals surface area contributed by atoms with Gasteiger partial charge in [-0.1, -0.05) is 0 Å². The molecule has 102 valence electrons. The zero-order chi connectivity index (χ0) is 14.3. The second-order valence-electron chi connectivity index (χ2n) is 5.35. The highest BCUT2D eigenvalue weighted by atomic mass is 16.6. The molecule has 0 aliphatic rings. The number of hydrogen-bond acceptors (Lipinski definition) is 5. The fourth-order valence-electron chi connectivity index (χ4n) is 0.873. The van der Waals surface area contributed by atoms with Crippen LogP contribution in [0.15, 0.2) is 0 Å². The number of carbonyl (C=O) groups is 2. The van der Waals surface area contributed by atoms with E-state index in [1.807, 2.05) is 0 Å². The standard InChI is InChI=1S/C11H20O4.CH4O/c1-10(2,3)14-8(12)7-9(13)15-11(4,5)6;1-2/h7H2,1-6H3;2H,1H3. The van der Waals surface area contributed by atoms with Crippen molar-refractivity contribution in [3.63, 3.8) is 0 Å². The van der Waals surface area contributed by atoms with E-state index >= 15 is 0 Å². The number of esters is 2. The van der Waals surface area contributed by atoms with E-state index in [9.17, 15) is 9.59 Å². The fraction of sp³-hybridized carbons (Fsp3) is 0.833. The molecule has 0 spiro atoms. The lowest BCUT2D eigenvalue weighted by Crippen LogP contribution is -2.29. The summed E-state index contributed by atoms with van der Waals surface area (Å²) in [6, 6.07) is 0. The molecule has 0 aliphatic carbocycles. The molecular formula is C12H24O5. The Morgan fingerprint density at radius 1 is 0.824 bits per heavy atom. The summed E-state index contributed by atoms with van der Waals surface area (Å²) in [5.74, 6) is -1.12. The zero-order valence-electron chi connectivity index (χ0n) is 11.8. The maximum atomic E-state index is 11.2. The Balaban J connectivity index is 0. The Bertz CT molecular complexity index is 219. The van der Waals surface area contributed by atoms with Gasteiger partial charge in [-0.3, -0.25) is 9.59 Å². The van der Waals surface area contributed by atoms with Gasteiger partial charge in [-0.2, -0.15) is 0 Å². The molecule has 0 radical (unpaired) electrons. The van der Waals surface area contributed by atoms with Gasteiger partial charge in [0.1, 0.15) is 17.6 Å².